The summed E-state index contributed by atoms with van der Waals surface area (Å²) in [4.78, 5) is 21.6. The van der Waals surface area contributed by atoms with Crippen LogP contribution in [0.3, 0.4) is 0 Å². The Kier molecular flexibility index (Phi) is 5.26. The number of fused-ring (bicyclic) bond motifs is 1. The Morgan fingerprint density at radius 1 is 1.16 bits per heavy atom. The van der Waals surface area contributed by atoms with Gasteiger partial charge in [-0.3, -0.25) is 4.79 Å². The van der Waals surface area contributed by atoms with Crippen molar-refractivity contribution in [1.29, 1.82) is 0 Å². The van der Waals surface area contributed by atoms with E-state index in [1.165, 1.54) is 0 Å². The van der Waals surface area contributed by atoms with Gasteiger partial charge in [0.25, 0.3) is 0 Å². The first-order chi connectivity index (χ1) is 12.1. The number of carbonyl (C=O) groups is 1. The SMILES string of the molecule is COc1ccc(-c2nc(C(=O)CCCO)c3cccc(Cl)c3n2)cc1. The number of hydrogen-bond acceptors (Lipinski definition) is 5. The van der Waals surface area contributed by atoms with Gasteiger partial charge in [0.05, 0.1) is 17.6 Å². The number of aliphatic hydroxyl groups is 1. The summed E-state index contributed by atoms with van der Waals surface area (Å²) in [6.45, 7) is -0.0408. The van der Waals surface area contributed by atoms with E-state index < -0.39 is 0 Å². The molecule has 0 fully saturated rings. The van der Waals surface area contributed by atoms with Crippen LogP contribution in [0, 0.1) is 0 Å². The summed E-state index contributed by atoms with van der Waals surface area (Å²) in [5.41, 5.74) is 1.63. The minimum atomic E-state index is -0.140. The molecule has 0 aliphatic carbocycles. The molecule has 5 nitrogen and oxygen atoms in total. The van der Waals surface area contributed by atoms with Crippen LogP contribution in [-0.4, -0.2) is 34.6 Å². The minimum Gasteiger partial charge on any atom is -0.497 e. The number of ether oxygens (including phenoxy) is 1. The van der Waals surface area contributed by atoms with E-state index in [2.05, 4.69) is 9.97 Å². The smallest absolute Gasteiger partial charge is 0.182 e. The average Bonchev–Trinajstić information content (AvgIpc) is 2.66. The van der Waals surface area contributed by atoms with E-state index in [1.807, 2.05) is 24.3 Å². The molecule has 3 aromatic rings. The van der Waals surface area contributed by atoms with Gasteiger partial charge in [-0.05, 0) is 36.8 Å². The monoisotopic (exact) mass is 356 g/mol. The molecule has 2 aromatic carbocycles. The van der Waals surface area contributed by atoms with Crippen molar-refractivity contribution in [1.82, 2.24) is 9.97 Å². The van der Waals surface area contributed by atoms with Crippen molar-refractivity contribution in [2.45, 2.75) is 12.8 Å². The third-order valence-corrected chi connectivity index (χ3v) is 4.16. The summed E-state index contributed by atoms with van der Waals surface area (Å²) in [6, 6.07) is 12.6. The second-order valence-corrected chi connectivity index (χ2v) is 5.92. The molecule has 0 saturated carbocycles. The molecular weight excluding hydrogens is 340 g/mol. The molecule has 0 unspecified atom stereocenters. The van der Waals surface area contributed by atoms with E-state index in [9.17, 15) is 4.79 Å². The van der Waals surface area contributed by atoms with E-state index >= 15 is 0 Å². The number of para-hydroxylation sites is 1. The molecule has 1 N–H and O–H groups in total. The lowest BCUT2D eigenvalue weighted by Crippen LogP contribution is -2.07. The highest BCUT2D eigenvalue weighted by molar-refractivity contribution is 6.35. The van der Waals surface area contributed by atoms with E-state index in [-0.39, 0.29) is 18.8 Å². The molecule has 0 spiro atoms. The van der Waals surface area contributed by atoms with Gasteiger partial charge in [-0.2, -0.15) is 0 Å². The molecular formula is C19H17ClN2O3. The molecule has 0 amide bonds. The van der Waals surface area contributed by atoms with E-state index in [0.29, 0.717) is 33.9 Å². The van der Waals surface area contributed by atoms with Crippen molar-refractivity contribution in [3.05, 3.63) is 53.2 Å². The van der Waals surface area contributed by atoms with Crippen molar-refractivity contribution in [2.24, 2.45) is 0 Å². The average molecular weight is 357 g/mol. The second kappa shape index (κ2) is 7.59. The largest absolute Gasteiger partial charge is 0.497 e. The van der Waals surface area contributed by atoms with Gasteiger partial charge in [-0.1, -0.05) is 23.7 Å². The second-order valence-electron chi connectivity index (χ2n) is 5.51. The molecule has 128 valence electrons. The van der Waals surface area contributed by atoms with Gasteiger partial charge >= 0.3 is 0 Å². The number of hydrogen-bond donors (Lipinski definition) is 1. The molecule has 0 aliphatic rings. The van der Waals surface area contributed by atoms with Gasteiger partial charge < -0.3 is 9.84 Å². The van der Waals surface area contributed by atoms with Crippen molar-refractivity contribution >= 4 is 28.3 Å². The summed E-state index contributed by atoms with van der Waals surface area (Å²) in [6.07, 6.45) is 0.611. The lowest BCUT2D eigenvalue weighted by atomic mass is 10.1. The Labute approximate surface area is 150 Å². The number of methoxy groups -OCH3 is 1. The van der Waals surface area contributed by atoms with Crippen LogP contribution in [0.1, 0.15) is 23.3 Å². The Morgan fingerprint density at radius 3 is 2.60 bits per heavy atom. The van der Waals surface area contributed by atoms with E-state index in [1.54, 1.807) is 25.3 Å². The molecule has 0 saturated heterocycles. The first kappa shape index (κ1) is 17.3. The van der Waals surface area contributed by atoms with Gasteiger partial charge in [-0.15, -0.1) is 0 Å². The number of carbonyl (C=O) groups excluding carboxylic acids is 1. The maximum atomic E-state index is 12.5. The number of halogens is 1. The fourth-order valence-electron chi connectivity index (χ4n) is 2.56. The maximum absolute atomic E-state index is 12.5. The fourth-order valence-corrected chi connectivity index (χ4v) is 2.77. The molecule has 0 bridgehead atoms. The standard InChI is InChI=1S/C19H17ClN2O3/c1-25-13-9-7-12(8-10-13)19-21-17-14(4-2-5-15(17)20)18(22-19)16(24)6-3-11-23/h2,4-5,7-10,23H,3,6,11H2,1H3. The van der Waals surface area contributed by atoms with Crippen LogP contribution in [0.4, 0.5) is 0 Å². The van der Waals surface area contributed by atoms with Crippen LogP contribution in [-0.2, 0) is 0 Å². The zero-order valence-electron chi connectivity index (χ0n) is 13.7. The van der Waals surface area contributed by atoms with Crippen LogP contribution in [0.15, 0.2) is 42.5 Å². The third kappa shape index (κ3) is 3.62. The van der Waals surface area contributed by atoms with Crippen molar-refractivity contribution in [3.8, 4) is 17.1 Å². The van der Waals surface area contributed by atoms with E-state index in [0.717, 1.165) is 11.3 Å². The lowest BCUT2D eigenvalue weighted by molar-refractivity contribution is 0.0968. The summed E-state index contributed by atoms with van der Waals surface area (Å²) in [5.74, 6) is 1.01. The Morgan fingerprint density at radius 2 is 1.92 bits per heavy atom. The van der Waals surface area contributed by atoms with Crippen LogP contribution in [0.2, 0.25) is 5.02 Å². The Hall–Kier alpha value is -2.50. The zero-order valence-corrected chi connectivity index (χ0v) is 14.5. The summed E-state index contributed by atoms with van der Waals surface area (Å²) < 4.78 is 5.16. The first-order valence-corrected chi connectivity index (χ1v) is 8.26. The van der Waals surface area contributed by atoms with Crippen molar-refractivity contribution < 1.29 is 14.6 Å². The number of ketones is 1. The van der Waals surface area contributed by atoms with Gasteiger partial charge in [0.15, 0.2) is 11.6 Å². The number of nitrogens with zero attached hydrogens (tertiary/aromatic N) is 2. The maximum Gasteiger partial charge on any atom is 0.182 e. The zero-order chi connectivity index (χ0) is 17.8. The van der Waals surface area contributed by atoms with Crippen LogP contribution in [0.25, 0.3) is 22.3 Å². The first-order valence-electron chi connectivity index (χ1n) is 7.89. The summed E-state index contributed by atoms with van der Waals surface area (Å²) in [5, 5.41) is 10.1. The van der Waals surface area contributed by atoms with E-state index in [4.69, 9.17) is 21.4 Å². The third-order valence-electron chi connectivity index (χ3n) is 3.85. The normalized spacial score (nSPS) is 10.8. The predicted octanol–water partition coefficient (Wildman–Crippen LogP) is 3.91. The van der Waals surface area contributed by atoms with Gasteiger partial charge in [0, 0.05) is 24.0 Å². The molecule has 1 aromatic heterocycles. The van der Waals surface area contributed by atoms with Gasteiger partial charge in [0.1, 0.15) is 11.4 Å². The van der Waals surface area contributed by atoms with Gasteiger partial charge in [-0.25, -0.2) is 9.97 Å². The summed E-state index contributed by atoms with van der Waals surface area (Å²) >= 11 is 6.28. The number of rotatable bonds is 6. The fraction of sp³-hybridized carbons (Fsp3) is 0.211. The van der Waals surface area contributed by atoms with Gasteiger partial charge in [0.2, 0.25) is 0 Å². The molecule has 0 aliphatic heterocycles. The highest BCUT2D eigenvalue weighted by Gasteiger charge is 2.17. The van der Waals surface area contributed by atoms with Crippen LogP contribution < -0.4 is 4.74 Å². The highest BCUT2D eigenvalue weighted by Crippen LogP contribution is 2.28. The number of benzene rings is 2. The molecule has 0 atom stereocenters. The summed E-state index contributed by atoms with van der Waals surface area (Å²) in [7, 11) is 1.60. The Bertz CT molecular complexity index is 910. The molecule has 1 heterocycles. The number of aromatic nitrogens is 2. The highest BCUT2D eigenvalue weighted by atomic mass is 35.5. The topological polar surface area (TPSA) is 72.3 Å². The Balaban J connectivity index is 2.16. The number of Topliss-reactive ketones (excluding diaryl/α,β-unsaturated/α-hetero) is 1. The van der Waals surface area contributed by atoms with Crippen LogP contribution >= 0.6 is 11.6 Å². The van der Waals surface area contributed by atoms with Crippen molar-refractivity contribution in [2.75, 3.05) is 13.7 Å². The molecule has 0 radical (unpaired) electrons. The lowest BCUT2D eigenvalue weighted by Gasteiger charge is -2.09. The van der Waals surface area contributed by atoms with Crippen molar-refractivity contribution in [3.63, 3.8) is 0 Å². The molecule has 3 rings (SSSR count). The minimum absolute atomic E-state index is 0.0408. The predicted molar refractivity (Wildman–Crippen MR) is 97.2 cm³/mol. The van der Waals surface area contributed by atoms with Crippen LogP contribution in [0.5, 0.6) is 5.75 Å². The quantitative estimate of drug-likeness (QED) is 0.678. The number of aliphatic hydroxyl groups excluding tert-OH is 1. The molecule has 25 heavy (non-hydrogen) atoms. The molecule has 6 heteroatoms.